The Labute approximate surface area is 171 Å². The largest absolute Gasteiger partial charge is 0.512 e. The summed E-state index contributed by atoms with van der Waals surface area (Å²) in [6.07, 6.45) is -1.55. The van der Waals surface area contributed by atoms with E-state index in [1.54, 1.807) is 49.4 Å². The number of hydrogen-bond acceptors (Lipinski definition) is 6. The lowest BCUT2D eigenvalue weighted by Crippen LogP contribution is -2.15. The Hall–Kier alpha value is -3.17. The Balaban J connectivity index is 2.00. The Morgan fingerprint density at radius 3 is 2.31 bits per heavy atom. The molecule has 1 aromatic heterocycles. The van der Waals surface area contributed by atoms with E-state index in [0.717, 1.165) is 11.3 Å². The molecular formula is C20H17NO6S2. The third kappa shape index (κ3) is 4.64. The highest BCUT2D eigenvalue weighted by Gasteiger charge is 2.22. The van der Waals surface area contributed by atoms with Gasteiger partial charge in [-0.05, 0) is 37.1 Å². The quantitative estimate of drug-likeness (QED) is 0.429. The number of aryl methyl sites for hydroxylation is 1. The van der Waals surface area contributed by atoms with Crippen LogP contribution >= 0.6 is 11.3 Å². The summed E-state index contributed by atoms with van der Waals surface area (Å²) in [5.74, 6) is -0.0793. The van der Waals surface area contributed by atoms with Crippen LogP contribution in [0.2, 0.25) is 0 Å². The fraction of sp³-hybridized carbons (Fsp3) is 0.100. The van der Waals surface area contributed by atoms with Gasteiger partial charge in [0.1, 0.15) is 5.69 Å². The van der Waals surface area contributed by atoms with Crippen molar-refractivity contribution in [1.29, 1.82) is 0 Å². The zero-order valence-corrected chi connectivity index (χ0v) is 17.1. The summed E-state index contributed by atoms with van der Waals surface area (Å²) in [5, 5.41) is 8.90. The van der Waals surface area contributed by atoms with Crippen molar-refractivity contribution in [1.82, 2.24) is 0 Å². The number of sulfonamides is 1. The molecule has 0 saturated heterocycles. The molecule has 3 aromatic rings. The number of carbonyl (C=O) groups is 2. The van der Waals surface area contributed by atoms with Crippen LogP contribution in [0.3, 0.4) is 0 Å². The van der Waals surface area contributed by atoms with Gasteiger partial charge in [-0.3, -0.25) is 9.52 Å². The highest BCUT2D eigenvalue weighted by Crippen LogP contribution is 2.42. The first-order valence-electron chi connectivity index (χ1n) is 8.42. The number of benzene rings is 2. The number of carboxylic acid groups (broad SMARTS) is 1. The van der Waals surface area contributed by atoms with Gasteiger partial charge in [-0.1, -0.05) is 53.8 Å². The highest BCUT2D eigenvalue weighted by atomic mass is 32.2. The number of anilines is 1. The van der Waals surface area contributed by atoms with Crippen molar-refractivity contribution >= 4 is 39.0 Å². The van der Waals surface area contributed by atoms with Crippen LogP contribution in [0.15, 0.2) is 59.5 Å². The van der Waals surface area contributed by atoms with E-state index in [-0.39, 0.29) is 21.4 Å². The standard InChI is InChI=1S/C20H17NO6S2/c1-12-5-3-4-6-18(12)29(25,26)21-16-11-17(28-19(16)27-20(23)24)15-9-7-14(8-10-15)13(2)22/h3-11,21H,1-2H3,(H,23,24). The molecule has 1 heterocycles. The molecule has 0 unspecified atom stereocenters. The third-order valence-electron chi connectivity index (χ3n) is 4.08. The van der Waals surface area contributed by atoms with Crippen molar-refractivity contribution in [3.8, 4) is 15.5 Å². The molecule has 2 aromatic carbocycles. The van der Waals surface area contributed by atoms with Crippen LogP contribution in [0.4, 0.5) is 10.5 Å². The maximum atomic E-state index is 12.8. The minimum Gasteiger partial charge on any atom is -0.449 e. The Bertz CT molecular complexity index is 1180. The zero-order chi connectivity index (χ0) is 21.2. The summed E-state index contributed by atoms with van der Waals surface area (Å²) in [4.78, 5) is 23.1. The van der Waals surface area contributed by atoms with Gasteiger partial charge in [-0.2, -0.15) is 0 Å². The van der Waals surface area contributed by atoms with Gasteiger partial charge in [-0.25, -0.2) is 13.2 Å². The molecule has 0 aliphatic heterocycles. The van der Waals surface area contributed by atoms with Crippen molar-refractivity contribution < 1.29 is 27.9 Å². The number of thiophene rings is 1. The SMILES string of the molecule is CC(=O)c1ccc(-c2cc(NS(=O)(=O)c3ccccc3C)c(OC(=O)O)s2)cc1. The predicted molar refractivity (Wildman–Crippen MR) is 110 cm³/mol. The summed E-state index contributed by atoms with van der Waals surface area (Å²) < 4.78 is 32.7. The van der Waals surface area contributed by atoms with Crippen molar-refractivity contribution in [2.75, 3.05) is 4.72 Å². The van der Waals surface area contributed by atoms with Crippen LogP contribution in [0, 0.1) is 6.92 Å². The van der Waals surface area contributed by atoms with E-state index in [4.69, 9.17) is 9.84 Å². The Morgan fingerprint density at radius 1 is 1.07 bits per heavy atom. The lowest BCUT2D eigenvalue weighted by atomic mass is 10.1. The van der Waals surface area contributed by atoms with Gasteiger partial charge >= 0.3 is 6.16 Å². The molecule has 0 saturated carbocycles. The number of nitrogens with one attached hydrogen (secondary N) is 1. The molecule has 0 bridgehead atoms. The van der Waals surface area contributed by atoms with Gasteiger partial charge in [0.05, 0.1) is 4.90 Å². The van der Waals surface area contributed by atoms with E-state index < -0.39 is 16.2 Å². The van der Waals surface area contributed by atoms with Gasteiger partial charge in [0.2, 0.25) is 5.06 Å². The smallest absolute Gasteiger partial charge is 0.449 e. The van der Waals surface area contributed by atoms with Gasteiger partial charge in [0.25, 0.3) is 10.0 Å². The molecule has 2 N–H and O–H groups in total. The molecule has 0 amide bonds. The molecule has 0 aliphatic carbocycles. The molecule has 150 valence electrons. The van der Waals surface area contributed by atoms with Crippen molar-refractivity contribution in [2.45, 2.75) is 18.7 Å². The van der Waals surface area contributed by atoms with Crippen LogP contribution < -0.4 is 9.46 Å². The van der Waals surface area contributed by atoms with E-state index in [9.17, 15) is 18.0 Å². The molecule has 3 rings (SSSR count). The van der Waals surface area contributed by atoms with Crippen LogP contribution in [0.5, 0.6) is 5.06 Å². The van der Waals surface area contributed by atoms with E-state index in [0.29, 0.717) is 21.6 Å². The Morgan fingerprint density at radius 2 is 1.72 bits per heavy atom. The maximum absolute atomic E-state index is 12.8. The number of hydrogen-bond donors (Lipinski definition) is 2. The van der Waals surface area contributed by atoms with Crippen LogP contribution in [-0.4, -0.2) is 25.5 Å². The topological polar surface area (TPSA) is 110 Å². The average molecular weight is 431 g/mol. The molecule has 0 spiro atoms. The second-order valence-electron chi connectivity index (χ2n) is 6.18. The molecule has 0 aliphatic rings. The van der Waals surface area contributed by atoms with E-state index in [1.807, 2.05) is 0 Å². The molecule has 9 heteroatoms. The van der Waals surface area contributed by atoms with Crippen molar-refractivity contribution in [3.05, 3.63) is 65.7 Å². The first-order chi connectivity index (χ1) is 13.7. The van der Waals surface area contributed by atoms with Crippen molar-refractivity contribution in [2.24, 2.45) is 0 Å². The van der Waals surface area contributed by atoms with E-state index >= 15 is 0 Å². The van der Waals surface area contributed by atoms with Crippen molar-refractivity contribution in [3.63, 3.8) is 0 Å². The second kappa shape index (κ2) is 8.06. The number of Topliss-reactive ketones (excluding diaryl/α,β-unsaturated/α-hetero) is 1. The summed E-state index contributed by atoms with van der Waals surface area (Å²) in [6.45, 7) is 3.12. The zero-order valence-electron chi connectivity index (χ0n) is 15.5. The third-order valence-corrected chi connectivity index (χ3v) is 6.67. The number of ether oxygens (including phenoxy) is 1. The molecule has 29 heavy (non-hydrogen) atoms. The highest BCUT2D eigenvalue weighted by molar-refractivity contribution is 7.92. The predicted octanol–water partition coefficient (Wildman–Crippen LogP) is 4.78. The Kier molecular flexibility index (Phi) is 5.71. The second-order valence-corrected chi connectivity index (χ2v) is 8.85. The van der Waals surface area contributed by atoms with E-state index in [2.05, 4.69) is 4.72 Å². The van der Waals surface area contributed by atoms with Gasteiger partial charge in [0, 0.05) is 10.4 Å². The average Bonchev–Trinajstić information content (AvgIpc) is 3.03. The number of rotatable bonds is 6. The summed E-state index contributed by atoms with van der Waals surface area (Å²) in [6, 6.07) is 14.6. The molecule has 0 fully saturated rings. The normalized spacial score (nSPS) is 11.1. The van der Waals surface area contributed by atoms with Gasteiger partial charge in [-0.15, -0.1) is 0 Å². The van der Waals surface area contributed by atoms with Crippen LogP contribution in [-0.2, 0) is 10.0 Å². The number of carbonyl (C=O) groups excluding carboxylic acids is 1. The molecule has 0 radical (unpaired) electrons. The fourth-order valence-electron chi connectivity index (χ4n) is 2.67. The summed E-state index contributed by atoms with van der Waals surface area (Å²) in [7, 11) is -3.95. The minimum absolute atomic E-state index is 0.0197. The van der Waals surface area contributed by atoms with Gasteiger partial charge in [0.15, 0.2) is 5.78 Å². The van der Waals surface area contributed by atoms with Crippen LogP contribution in [0.25, 0.3) is 10.4 Å². The summed E-state index contributed by atoms with van der Waals surface area (Å²) >= 11 is 0.980. The lowest BCUT2D eigenvalue weighted by Gasteiger charge is -2.10. The summed E-state index contributed by atoms with van der Waals surface area (Å²) in [5.41, 5.74) is 1.80. The minimum atomic E-state index is -3.95. The first kappa shape index (κ1) is 20.6. The molecule has 0 atom stereocenters. The first-order valence-corrected chi connectivity index (χ1v) is 10.7. The molecule has 7 nitrogen and oxygen atoms in total. The van der Waals surface area contributed by atoms with Crippen LogP contribution in [0.1, 0.15) is 22.8 Å². The monoisotopic (exact) mass is 431 g/mol. The lowest BCUT2D eigenvalue weighted by molar-refractivity contribution is 0.101. The maximum Gasteiger partial charge on any atom is 0.512 e. The molecular weight excluding hydrogens is 414 g/mol. The van der Waals surface area contributed by atoms with E-state index in [1.165, 1.54) is 19.1 Å². The number of ketones is 1. The van der Waals surface area contributed by atoms with Gasteiger partial charge < -0.3 is 9.84 Å². The fourth-order valence-corrected chi connectivity index (χ4v) is 5.00.